The van der Waals surface area contributed by atoms with Gasteiger partial charge in [-0.3, -0.25) is 9.80 Å². The van der Waals surface area contributed by atoms with Gasteiger partial charge in [0, 0.05) is 48.8 Å². The molecule has 0 aromatic heterocycles. The molecule has 2 saturated heterocycles. The van der Waals surface area contributed by atoms with Crippen molar-refractivity contribution in [2.45, 2.75) is 61.9 Å². The molecule has 0 amide bonds. The number of likely N-dealkylation sites (tertiary alicyclic amines) is 1. The Bertz CT molecular complexity index is 1300. The van der Waals surface area contributed by atoms with Gasteiger partial charge >= 0.3 is 0 Å². The highest BCUT2D eigenvalue weighted by molar-refractivity contribution is 5.61. The summed E-state index contributed by atoms with van der Waals surface area (Å²) in [5.41, 5.74) is 4.09. The molecule has 4 aliphatic heterocycles. The van der Waals surface area contributed by atoms with E-state index in [1.165, 1.54) is 17.5 Å². The van der Waals surface area contributed by atoms with E-state index in [4.69, 9.17) is 9.47 Å². The predicted octanol–water partition coefficient (Wildman–Crippen LogP) is 3.71. The van der Waals surface area contributed by atoms with Gasteiger partial charge < -0.3 is 19.5 Å². The van der Waals surface area contributed by atoms with E-state index in [1.807, 2.05) is 24.3 Å². The SMILES string of the molecule is COc1ccc2c3c1OC1CC(O)C=CC31CCN(CCCN1CC3N(c4ccc(F)cc4)CC34CC14)C2. The number of ether oxygens (including phenoxy) is 2. The highest BCUT2D eigenvalue weighted by Crippen LogP contribution is 2.65. The summed E-state index contributed by atoms with van der Waals surface area (Å²) in [5, 5.41) is 10.3. The van der Waals surface area contributed by atoms with Gasteiger partial charge in [-0.2, -0.15) is 0 Å². The van der Waals surface area contributed by atoms with E-state index < -0.39 is 6.10 Å². The fraction of sp³-hybridized carbons (Fsp3) is 0.548. The number of aliphatic hydroxyl groups excluding tert-OH is 1. The molecule has 6 unspecified atom stereocenters. The number of rotatable bonds is 6. The molecule has 2 spiro atoms. The zero-order valence-corrected chi connectivity index (χ0v) is 22.0. The maximum Gasteiger partial charge on any atom is 0.166 e. The number of hydrogen-bond donors (Lipinski definition) is 1. The Labute approximate surface area is 223 Å². The minimum absolute atomic E-state index is 0.0392. The maximum atomic E-state index is 13.4. The summed E-state index contributed by atoms with van der Waals surface area (Å²) in [7, 11) is 1.71. The number of benzene rings is 2. The van der Waals surface area contributed by atoms with Crippen LogP contribution in [0.4, 0.5) is 10.1 Å². The lowest BCUT2D eigenvalue weighted by Gasteiger charge is -2.48. The molecular weight excluding hydrogens is 481 g/mol. The molecule has 7 heteroatoms. The van der Waals surface area contributed by atoms with Crippen molar-refractivity contribution in [3.8, 4) is 11.5 Å². The Morgan fingerprint density at radius 3 is 2.84 bits per heavy atom. The molecule has 6 nitrogen and oxygen atoms in total. The second kappa shape index (κ2) is 8.20. The second-order valence-corrected chi connectivity index (χ2v) is 12.4. The molecule has 1 saturated carbocycles. The van der Waals surface area contributed by atoms with Gasteiger partial charge in [0.2, 0.25) is 0 Å². The van der Waals surface area contributed by atoms with Crippen molar-refractivity contribution in [2.24, 2.45) is 5.41 Å². The quantitative estimate of drug-likeness (QED) is 0.590. The molecular formula is C31H36FN3O3. The van der Waals surface area contributed by atoms with Crippen LogP contribution < -0.4 is 14.4 Å². The molecule has 2 aliphatic carbocycles. The number of piperidine rings is 1. The first-order valence-corrected chi connectivity index (χ1v) is 14.2. The van der Waals surface area contributed by atoms with Crippen LogP contribution in [0.2, 0.25) is 0 Å². The fourth-order valence-corrected chi connectivity index (χ4v) is 8.52. The van der Waals surface area contributed by atoms with E-state index in [0.29, 0.717) is 17.9 Å². The molecule has 8 rings (SSSR count). The first-order chi connectivity index (χ1) is 18.5. The third-order valence-corrected chi connectivity index (χ3v) is 10.5. The van der Waals surface area contributed by atoms with Crippen molar-refractivity contribution in [1.82, 2.24) is 9.80 Å². The van der Waals surface area contributed by atoms with E-state index in [-0.39, 0.29) is 17.3 Å². The molecule has 2 aromatic carbocycles. The van der Waals surface area contributed by atoms with Crippen LogP contribution in [0.5, 0.6) is 11.5 Å². The Hall–Kier alpha value is -2.61. The lowest BCUT2D eigenvalue weighted by molar-refractivity contribution is 0.0807. The number of methoxy groups -OCH3 is 1. The topological polar surface area (TPSA) is 48.4 Å². The number of aliphatic hydroxyl groups is 1. The average molecular weight is 518 g/mol. The van der Waals surface area contributed by atoms with Gasteiger partial charge in [0.05, 0.1) is 24.7 Å². The largest absolute Gasteiger partial charge is 0.493 e. The van der Waals surface area contributed by atoms with Crippen molar-refractivity contribution < 1.29 is 19.0 Å². The number of hydrogen-bond acceptors (Lipinski definition) is 6. The number of halogens is 1. The molecule has 6 atom stereocenters. The van der Waals surface area contributed by atoms with Crippen molar-refractivity contribution in [3.63, 3.8) is 0 Å². The summed E-state index contributed by atoms with van der Waals surface area (Å²) in [4.78, 5) is 7.83. The second-order valence-electron chi connectivity index (χ2n) is 12.4. The molecule has 4 heterocycles. The van der Waals surface area contributed by atoms with E-state index in [9.17, 15) is 9.50 Å². The van der Waals surface area contributed by atoms with Gasteiger partial charge in [-0.15, -0.1) is 0 Å². The monoisotopic (exact) mass is 517 g/mol. The van der Waals surface area contributed by atoms with Gasteiger partial charge in [0.25, 0.3) is 0 Å². The fourth-order valence-electron chi connectivity index (χ4n) is 8.52. The lowest BCUT2D eigenvalue weighted by atomic mass is 9.69. The summed E-state index contributed by atoms with van der Waals surface area (Å²) < 4.78 is 25.5. The van der Waals surface area contributed by atoms with E-state index in [2.05, 4.69) is 26.8 Å². The summed E-state index contributed by atoms with van der Waals surface area (Å²) >= 11 is 0. The third kappa shape index (κ3) is 3.21. The minimum atomic E-state index is -0.450. The third-order valence-electron chi connectivity index (χ3n) is 10.5. The standard InChI is InChI=1S/C31H36FN3O3/c1-37-24-8-3-20-17-33(14-11-30-10-9-23(36)15-27(30)38-29(24)28(20)30)12-2-13-34-18-26-31(16-25(31)34)19-35(26)22-6-4-21(32)5-7-22/h3-10,23,25-27,36H,2,11-19H2,1H3. The van der Waals surface area contributed by atoms with Crippen LogP contribution in [0.25, 0.3) is 0 Å². The van der Waals surface area contributed by atoms with E-state index >= 15 is 0 Å². The molecule has 0 radical (unpaired) electrons. The first-order valence-electron chi connectivity index (χ1n) is 14.2. The zero-order chi connectivity index (χ0) is 25.6. The summed E-state index contributed by atoms with van der Waals surface area (Å²) in [6.45, 7) is 6.41. The van der Waals surface area contributed by atoms with Crippen LogP contribution in [-0.4, -0.2) is 79.0 Å². The highest BCUT2D eigenvalue weighted by atomic mass is 19.1. The van der Waals surface area contributed by atoms with Gasteiger partial charge in [0.1, 0.15) is 11.9 Å². The molecule has 200 valence electrons. The summed E-state index contributed by atoms with van der Waals surface area (Å²) in [6.07, 6.45) is 7.81. The van der Waals surface area contributed by atoms with Gasteiger partial charge in [-0.25, -0.2) is 4.39 Å². The van der Waals surface area contributed by atoms with Gasteiger partial charge in [-0.1, -0.05) is 18.2 Å². The molecule has 38 heavy (non-hydrogen) atoms. The minimum Gasteiger partial charge on any atom is -0.493 e. The van der Waals surface area contributed by atoms with Gasteiger partial charge in [-0.05, 0) is 74.8 Å². The van der Waals surface area contributed by atoms with Crippen LogP contribution in [0.1, 0.15) is 36.8 Å². The molecule has 2 aromatic rings. The average Bonchev–Trinajstić information content (AvgIpc) is 3.56. The molecule has 3 fully saturated rings. The van der Waals surface area contributed by atoms with Gasteiger partial charge in [0.15, 0.2) is 11.5 Å². The van der Waals surface area contributed by atoms with Crippen molar-refractivity contribution in [2.75, 3.05) is 44.7 Å². The van der Waals surface area contributed by atoms with Crippen LogP contribution in [0.3, 0.4) is 0 Å². The van der Waals surface area contributed by atoms with E-state index in [0.717, 1.165) is 75.3 Å². The van der Waals surface area contributed by atoms with Crippen LogP contribution >= 0.6 is 0 Å². The van der Waals surface area contributed by atoms with Crippen molar-refractivity contribution in [1.29, 1.82) is 0 Å². The summed E-state index contributed by atoms with van der Waals surface area (Å²) in [6, 6.07) is 12.6. The Balaban J connectivity index is 0.945. The van der Waals surface area contributed by atoms with Crippen molar-refractivity contribution in [3.05, 3.63) is 65.5 Å². The van der Waals surface area contributed by atoms with Crippen molar-refractivity contribution >= 4 is 5.69 Å². The van der Waals surface area contributed by atoms with Crippen LogP contribution in [0, 0.1) is 11.2 Å². The van der Waals surface area contributed by atoms with Crippen LogP contribution in [0.15, 0.2) is 48.6 Å². The number of nitrogens with zero attached hydrogens (tertiary/aromatic N) is 3. The maximum absolute atomic E-state index is 13.4. The Morgan fingerprint density at radius 2 is 2.00 bits per heavy atom. The lowest BCUT2D eigenvalue weighted by Crippen LogP contribution is -2.59. The zero-order valence-electron chi connectivity index (χ0n) is 22.0. The Morgan fingerprint density at radius 1 is 1.13 bits per heavy atom. The smallest absolute Gasteiger partial charge is 0.166 e. The summed E-state index contributed by atoms with van der Waals surface area (Å²) in [5.74, 6) is 1.52. The molecule has 6 aliphatic rings. The van der Waals surface area contributed by atoms with E-state index in [1.54, 1.807) is 19.2 Å². The normalized spacial score (nSPS) is 36.4. The molecule has 0 bridgehead atoms. The van der Waals surface area contributed by atoms with Crippen LogP contribution in [-0.2, 0) is 12.0 Å². The molecule has 1 N–H and O–H groups in total. The highest BCUT2D eigenvalue weighted by Gasteiger charge is 2.73. The number of anilines is 1. The Kier molecular flexibility index (Phi) is 5.02. The first kappa shape index (κ1) is 23.3. The predicted molar refractivity (Wildman–Crippen MR) is 143 cm³/mol.